The van der Waals surface area contributed by atoms with Crippen LogP contribution in [0, 0.1) is 4.77 Å². The van der Waals surface area contributed by atoms with Gasteiger partial charge < -0.3 is 9.88 Å². The minimum Gasteiger partial charge on any atom is -0.323 e. The maximum absolute atomic E-state index is 5.02. The second kappa shape index (κ2) is 6.19. The van der Waals surface area contributed by atoms with Crippen molar-refractivity contribution in [3.05, 3.63) is 35.1 Å². The molecule has 1 aromatic heterocycles. The van der Waals surface area contributed by atoms with Gasteiger partial charge in [-0.15, -0.1) is 0 Å². The molecule has 0 saturated carbocycles. The number of nitrogens with zero attached hydrogens (tertiary/aromatic N) is 2. The van der Waals surface area contributed by atoms with Crippen molar-refractivity contribution >= 4 is 12.2 Å². The topological polar surface area (TPSA) is 45.6 Å². The average Bonchev–Trinajstić information content (AvgIpc) is 2.62. The lowest BCUT2D eigenvalue weighted by atomic mass is 10.2. The summed E-state index contributed by atoms with van der Waals surface area (Å²) in [5, 5.41) is 9.63. The molecule has 4 nitrogen and oxygen atoms in total. The van der Waals surface area contributed by atoms with Gasteiger partial charge in [0.2, 0.25) is 0 Å². The molecule has 1 heterocycles. The fourth-order valence-electron chi connectivity index (χ4n) is 1.19. The van der Waals surface area contributed by atoms with E-state index in [1.54, 1.807) is 0 Å². The van der Waals surface area contributed by atoms with E-state index in [0.29, 0.717) is 4.77 Å². The van der Waals surface area contributed by atoms with Crippen LogP contribution in [-0.4, -0.2) is 28.9 Å². The van der Waals surface area contributed by atoms with Crippen LogP contribution in [0.3, 0.4) is 0 Å². The number of hydrogen-bond acceptors (Lipinski definition) is 3. The van der Waals surface area contributed by atoms with Gasteiger partial charge in [0.1, 0.15) is 0 Å². The van der Waals surface area contributed by atoms with E-state index in [1.165, 1.54) is 0 Å². The van der Waals surface area contributed by atoms with E-state index in [0.717, 1.165) is 11.4 Å². The summed E-state index contributed by atoms with van der Waals surface area (Å²) in [5.74, 6) is 0.866. The van der Waals surface area contributed by atoms with Crippen LogP contribution in [0.25, 0.3) is 11.4 Å². The highest BCUT2D eigenvalue weighted by molar-refractivity contribution is 7.71. The SMILES string of the molecule is CNC.Cn1c(-c2ccccc2)n[nH]c1=S. The molecule has 0 aliphatic carbocycles. The normalized spacial score (nSPS) is 9.44. The van der Waals surface area contributed by atoms with Gasteiger partial charge in [0.25, 0.3) is 0 Å². The summed E-state index contributed by atoms with van der Waals surface area (Å²) in [4.78, 5) is 0. The first-order chi connectivity index (χ1) is 7.70. The zero-order valence-electron chi connectivity index (χ0n) is 9.69. The van der Waals surface area contributed by atoms with Gasteiger partial charge in [0, 0.05) is 12.6 Å². The summed E-state index contributed by atoms with van der Waals surface area (Å²) in [6.45, 7) is 0. The smallest absolute Gasteiger partial charge is 0.195 e. The number of benzene rings is 1. The van der Waals surface area contributed by atoms with Crippen molar-refractivity contribution in [3.63, 3.8) is 0 Å². The molecule has 0 aliphatic rings. The van der Waals surface area contributed by atoms with Crippen LogP contribution >= 0.6 is 12.2 Å². The molecule has 0 fully saturated rings. The summed E-state index contributed by atoms with van der Waals surface area (Å²) in [6, 6.07) is 9.95. The van der Waals surface area contributed by atoms with Gasteiger partial charge in [-0.05, 0) is 26.3 Å². The Hall–Kier alpha value is -1.46. The molecule has 2 rings (SSSR count). The van der Waals surface area contributed by atoms with Crippen molar-refractivity contribution in [2.24, 2.45) is 7.05 Å². The van der Waals surface area contributed by atoms with Crippen molar-refractivity contribution in [2.45, 2.75) is 0 Å². The summed E-state index contributed by atoms with van der Waals surface area (Å²) >= 11 is 5.02. The molecular formula is C11H16N4S. The Morgan fingerprint density at radius 1 is 1.25 bits per heavy atom. The van der Waals surface area contributed by atoms with Gasteiger partial charge in [-0.3, -0.25) is 5.10 Å². The molecule has 2 aromatic rings. The first kappa shape index (κ1) is 12.6. The quantitative estimate of drug-likeness (QED) is 0.744. The van der Waals surface area contributed by atoms with Crippen LogP contribution in [-0.2, 0) is 7.05 Å². The Morgan fingerprint density at radius 3 is 2.25 bits per heavy atom. The second-order valence-electron chi connectivity index (χ2n) is 3.28. The van der Waals surface area contributed by atoms with Crippen molar-refractivity contribution in [1.29, 1.82) is 0 Å². The number of aromatic nitrogens is 3. The molecule has 0 radical (unpaired) electrons. The Bertz CT molecular complexity index is 472. The maximum Gasteiger partial charge on any atom is 0.195 e. The molecule has 0 spiro atoms. The molecule has 2 N–H and O–H groups in total. The van der Waals surface area contributed by atoms with Crippen molar-refractivity contribution in [3.8, 4) is 11.4 Å². The number of nitrogens with one attached hydrogen (secondary N) is 2. The molecule has 16 heavy (non-hydrogen) atoms. The summed E-state index contributed by atoms with van der Waals surface area (Å²) < 4.78 is 2.49. The van der Waals surface area contributed by atoms with E-state index in [4.69, 9.17) is 12.2 Å². The third-order valence-electron chi connectivity index (χ3n) is 1.91. The van der Waals surface area contributed by atoms with E-state index in [9.17, 15) is 0 Å². The average molecular weight is 236 g/mol. The zero-order chi connectivity index (χ0) is 12.0. The predicted octanol–water partition coefficient (Wildman–Crippen LogP) is 1.98. The molecule has 0 bridgehead atoms. The third-order valence-corrected chi connectivity index (χ3v) is 2.28. The molecule has 0 saturated heterocycles. The minimum absolute atomic E-state index is 0.638. The maximum atomic E-state index is 5.02. The third kappa shape index (κ3) is 3.01. The largest absolute Gasteiger partial charge is 0.323 e. The molecule has 1 aromatic carbocycles. The molecule has 0 aliphatic heterocycles. The van der Waals surface area contributed by atoms with Crippen molar-refractivity contribution < 1.29 is 0 Å². The summed E-state index contributed by atoms with van der Waals surface area (Å²) in [5.41, 5.74) is 1.07. The number of hydrogen-bond donors (Lipinski definition) is 2. The van der Waals surface area contributed by atoms with Gasteiger partial charge in [-0.2, -0.15) is 5.10 Å². The lowest BCUT2D eigenvalue weighted by molar-refractivity contribution is 0.902. The van der Waals surface area contributed by atoms with Crippen LogP contribution in [0.15, 0.2) is 30.3 Å². The van der Waals surface area contributed by atoms with Crippen LogP contribution in [0.5, 0.6) is 0 Å². The first-order valence-corrected chi connectivity index (χ1v) is 5.36. The summed E-state index contributed by atoms with van der Waals surface area (Å²) in [7, 11) is 5.65. The van der Waals surface area contributed by atoms with E-state index in [2.05, 4.69) is 15.5 Å². The van der Waals surface area contributed by atoms with Crippen LogP contribution in [0.2, 0.25) is 0 Å². The molecule has 0 amide bonds. The first-order valence-electron chi connectivity index (χ1n) is 4.96. The predicted molar refractivity (Wildman–Crippen MR) is 68.8 cm³/mol. The Morgan fingerprint density at radius 2 is 1.81 bits per heavy atom. The van der Waals surface area contributed by atoms with Gasteiger partial charge >= 0.3 is 0 Å². The van der Waals surface area contributed by atoms with Gasteiger partial charge in [-0.1, -0.05) is 30.3 Å². The van der Waals surface area contributed by atoms with E-state index in [-0.39, 0.29) is 0 Å². The van der Waals surface area contributed by atoms with Gasteiger partial charge in [0.15, 0.2) is 10.6 Å². The van der Waals surface area contributed by atoms with Crippen molar-refractivity contribution in [1.82, 2.24) is 20.1 Å². The molecule has 5 heteroatoms. The highest BCUT2D eigenvalue weighted by atomic mass is 32.1. The van der Waals surface area contributed by atoms with Crippen LogP contribution in [0.1, 0.15) is 0 Å². The lowest BCUT2D eigenvalue weighted by Gasteiger charge is -1.98. The Labute approximate surface area is 100 Å². The van der Waals surface area contributed by atoms with E-state index < -0.39 is 0 Å². The number of rotatable bonds is 1. The molecule has 0 unspecified atom stereocenters. The van der Waals surface area contributed by atoms with Gasteiger partial charge in [0.05, 0.1) is 0 Å². The van der Waals surface area contributed by atoms with Crippen LogP contribution < -0.4 is 5.32 Å². The Balaban J connectivity index is 0.000000386. The van der Waals surface area contributed by atoms with E-state index >= 15 is 0 Å². The highest BCUT2D eigenvalue weighted by Crippen LogP contribution is 2.14. The van der Waals surface area contributed by atoms with Crippen molar-refractivity contribution in [2.75, 3.05) is 14.1 Å². The Kier molecular flexibility index (Phi) is 4.88. The van der Waals surface area contributed by atoms with Crippen LogP contribution in [0.4, 0.5) is 0 Å². The lowest BCUT2D eigenvalue weighted by Crippen LogP contribution is -1.91. The number of aromatic amines is 1. The fourth-order valence-corrected chi connectivity index (χ4v) is 1.32. The number of H-pyrrole nitrogens is 1. The van der Waals surface area contributed by atoms with Gasteiger partial charge in [-0.25, -0.2) is 0 Å². The second-order valence-corrected chi connectivity index (χ2v) is 3.66. The molecule has 86 valence electrons. The zero-order valence-corrected chi connectivity index (χ0v) is 10.5. The monoisotopic (exact) mass is 236 g/mol. The fraction of sp³-hybridized carbons (Fsp3) is 0.273. The van der Waals surface area contributed by atoms with E-state index in [1.807, 2.05) is 56.0 Å². The standard InChI is InChI=1S/C9H9N3S.C2H7N/c1-12-8(10-11-9(12)13)7-5-3-2-4-6-7;1-3-2/h2-6H,1H3,(H,11,13);3H,1-2H3. The summed E-state index contributed by atoms with van der Waals surface area (Å²) in [6.07, 6.45) is 0. The molecular weight excluding hydrogens is 220 g/mol. The highest BCUT2D eigenvalue weighted by Gasteiger charge is 2.02. The minimum atomic E-state index is 0.638. The molecule has 0 atom stereocenters.